The molecule has 3 rings (SSSR count). The number of rotatable bonds is 6. The van der Waals surface area contributed by atoms with Gasteiger partial charge in [-0.2, -0.15) is 5.10 Å². The molecule has 0 aliphatic heterocycles. The molecule has 1 aromatic heterocycles. The highest BCUT2D eigenvalue weighted by molar-refractivity contribution is 7.91. The summed E-state index contributed by atoms with van der Waals surface area (Å²) in [6, 6.07) is 16.3. The third-order valence-corrected chi connectivity index (χ3v) is 4.80. The van der Waals surface area contributed by atoms with E-state index in [1.54, 1.807) is 47.4 Å². The van der Waals surface area contributed by atoms with Gasteiger partial charge in [-0.1, -0.05) is 54.1 Å². The second-order valence-corrected chi connectivity index (χ2v) is 7.56. The zero-order valence-corrected chi connectivity index (χ0v) is 14.3. The quantitative estimate of drug-likeness (QED) is 0.730. The predicted molar refractivity (Wildman–Crippen MR) is 95.5 cm³/mol. The Balaban J connectivity index is 1.72. The first kappa shape index (κ1) is 16.5. The van der Waals surface area contributed by atoms with Gasteiger partial charge in [0.15, 0.2) is 0 Å². The minimum atomic E-state index is -3.47. The van der Waals surface area contributed by atoms with Crippen molar-refractivity contribution in [1.29, 1.82) is 0 Å². The zero-order chi connectivity index (χ0) is 17.0. The van der Waals surface area contributed by atoms with E-state index < -0.39 is 10.0 Å². The van der Waals surface area contributed by atoms with Crippen LogP contribution in [0.25, 0.3) is 0 Å². The van der Waals surface area contributed by atoms with Crippen LogP contribution in [-0.2, 0) is 22.3 Å². The molecule has 24 heavy (non-hydrogen) atoms. The molecule has 1 N–H and O–H groups in total. The van der Waals surface area contributed by atoms with Crippen molar-refractivity contribution in [2.45, 2.75) is 12.3 Å². The molecule has 0 saturated carbocycles. The van der Waals surface area contributed by atoms with Crippen LogP contribution in [0.4, 0.5) is 5.69 Å². The van der Waals surface area contributed by atoms with Gasteiger partial charge in [0.05, 0.1) is 23.5 Å². The van der Waals surface area contributed by atoms with E-state index in [4.69, 9.17) is 11.6 Å². The number of sulfonamides is 1. The molecule has 0 aliphatic carbocycles. The van der Waals surface area contributed by atoms with E-state index in [2.05, 4.69) is 9.82 Å². The number of nitrogens with zero attached hydrogens (tertiary/aromatic N) is 2. The van der Waals surface area contributed by atoms with Crippen molar-refractivity contribution in [3.8, 4) is 0 Å². The van der Waals surface area contributed by atoms with Gasteiger partial charge in [-0.3, -0.25) is 9.40 Å². The highest BCUT2D eigenvalue weighted by Crippen LogP contribution is 2.16. The molecule has 0 unspecified atom stereocenters. The molecule has 0 atom stereocenters. The topological polar surface area (TPSA) is 64.0 Å². The summed E-state index contributed by atoms with van der Waals surface area (Å²) in [6.45, 7) is 0.515. The summed E-state index contributed by atoms with van der Waals surface area (Å²) in [6.07, 6.45) is 3.28. The predicted octanol–water partition coefficient (Wildman–Crippen LogP) is 3.53. The Morgan fingerprint density at radius 1 is 1.04 bits per heavy atom. The van der Waals surface area contributed by atoms with Gasteiger partial charge in [-0.15, -0.1) is 0 Å². The average Bonchev–Trinajstić information content (AvgIpc) is 2.92. The molecule has 0 spiro atoms. The number of hydrogen-bond acceptors (Lipinski definition) is 3. The molecule has 5 nitrogen and oxygen atoms in total. The molecule has 0 amide bonds. The lowest BCUT2D eigenvalue weighted by Gasteiger charge is -2.10. The normalized spacial score (nSPS) is 11.4. The fourth-order valence-corrected chi connectivity index (χ4v) is 3.70. The van der Waals surface area contributed by atoms with Crippen LogP contribution in [0.3, 0.4) is 0 Å². The van der Waals surface area contributed by atoms with Crippen LogP contribution in [0.1, 0.15) is 11.1 Å². The van der Waals surface area contributed by atoms with Gasteiger partial charge < -0.3 is 0 Å². The molecule has 0 bridgehead atoms. The van der Waals surface area contributed by atoms with Crippen LogP contribution in [0.5, 0.6) is 0 Å². The third kappa shape index (κ3) is 4.59. The number of hydrogen-bond donors (Lipinski definition) is 1. The minimum Gasteiger partial charge on any atom is -0.283 e. The molecule has 124 valence electrons. The van der Waals surface area contributed by atoms with E-state index in [-0.39, 0.29) is 5.75 Å². The Labute approximate surface area is 145 Å². The van der Waals surface area contributed by atoms with Crippen molar-refractivity contribution in [3.05, 3.63) is 83.1 Å². The molecular weight excluding hydrogens is 346 g/mol. The van der Waals surface area contributed by atoms with Gasteiger partial charge >= 0.3 is 0 Å². The molecule has 0 radical (unpaired) electrons. The minimum absolute atomic E-state index is 0.0627. The van der Waals surface area contributed by atoms with Crippen molar-refractivity contribution < 1.29 is 8.42 Å². The van der Waals surface area contributed by atoms with Gasteiger partial charge in [-0.25, -0.2) is 8.42 Å². The molecule has 0 aliphatic rings. The summed E-state index contributed by atoms with van der Waals surface area (Å²) in [4.78, 5) is 0. The Bertz CT molecular complexity index is 924. The lowest BCUT2D eigenvalue weighted by molar-refractivity contribution is 0.600. The molecule has 1 heterocycles. The van der Waals surface area contributed by atoms with Gasteiger partial charge in [0.1, 0.15) is 0 Å². The van der Waals surface area contributed by atoms with Crippen LogP contribution in [0.2, 0.25) is 5.02 Å². The van der Waals surface area contributed by atoms with E-state index in [1.807, 2.05) is 24.3 Å². The maximum absolute atomic E-state index is 12.3. The van der Waals surface area contributed by atoms with Crippen molar-refractivity contribution >= 4 is 27.3 Å². The molecule has 3 aromatic rings. The van der Waals surface area contributed by atoms with Crippen molar-refractivity contribution in [2.75, 3.05) is 4.72 Å². The molecule has 2 aromatic carbocycles. The van der Waals surface area contributed by atoms with Gasteiger partial charge in [-0.05, 0) is 23.3 Å². The fraction of sp³-hybridized carbons (Fsp3) is 0.118. The number of nitrogens with one attached hydrogen (secondary N) is 1. The SMILES string of the molecule is O=S(=O)(Cc1ccccc1)Nc1cccc(Cn2cc(Cl)cn2)c1. The van der Waals surface area contributed by atoms with Gasteiger partial charge in [0.25, 0.3) is 0 Å². The third-order valence-electron chi connectivity index (χ3n) is 3.35. The number of halogens is 1. The zero-order valence-electron chi connectivity index (χ0n) is 12.8. The summed E-state index contributed by atoms with van der Waals surface area (Å²) in [5.74, 6) is -0.0627. The fourth-order valence-electron chi connectivity index (χ4n) is 2.35. The summed E-state index contributed by atoms with van der Waals surface area (Å²) in [5, 5.41) is 4.68. The first-order valence-electron chi connectivity index (χ1n) is 7.31. The van der Waals surface area contributed by atoms with Crippen LogP contribution in [0.15, 0.2) is 67.0 Å². The summed E-state index contributed by atoms with van der Waals surface area (Å²) >= 11 is 5.85. The second kappa shape index (κ2) is 7.07. The van der Waals surface area contributed by atoms with Gasteiger partial charge in [0, 0.05) is 11.9 Å². The largest absolute Gasteiger partial charge is 0.283 e. The standard InChI is InChI=1S/C17H16ClN3O2S/c18-16-10-19-21(12-16)11-15-7-4-8-17(9-15)20-24(22,23)13-14-5-2-1-3-6-14/h1-10,12,20H,11,13H2. The Hall–Kier alpha value is -2.31. The monoisotopic (exact) mass is 361 g/mol. The molecule has 7 heteroatoms. The maximum Gasteiger partial charge on any atom is 0.236 e. The summed E-state index contributed by atoms with van der Waals surface area (Å²) < 4.78 is 28.9. The molecule has 0 fully saturated rings. The number of anilines is 1. The lowest BCUT2D eigenvalue weighted by atomic mass is 10.2. The summed E-state index contributed by atoms with van der Waals surface area (Å²) in [5.41, 5.74) is 2.20. The highest BCUT2D eigenvalue weighted by atomic mass is 35.5. The Morgan fingerprint density at radius 3 is 2.50 bits per heavy atom. The van der Waals surface area contributed by atoms with Crippen molar-refractivity contribution in [2.24, 2.45) is 0 Å². The molecule has 0 saturated heterocycles. The van der Waals surface area contributed by atoms with Crippen molar-refractivity contribution in [1.82, 2.24) is 9.78 Å². The second-order valence-electron chi connectivity index (χ2n) is 5.40. The van der Waals surface area contributed by atoms with Crippen LogP contribution in [0, 0.1) is 0 Å². The van der Waals surface area contributed by atoms with Crippen LogP contribution >= 0.6 is 11.6 Å². The Morgan fingerprint density at radius 2 is 1.79 bits per heavy atom. The number of benzene rings is 2. The Kier molecular flexibility index (Phi) is 4.87. The highest BCUT2D eigenvalue weighted by Gasteiger charge is 2.12. The first-order chi connectivity index (χ1) is 11.5. The number of aromatic nitrogens is 2. The lowest BCUT2D eigenvalue weighted by Crippen LogP contribution is -2.15. The van der Waals surface area contributed by atoms with E-state index in [0.717, 1.165) is 11.1 Å². The van der Waals surface area contributed by atoms with E-state index in [9.17, 15) is 8.42 Å². The van der Waals surface area contributed by atoms with E-state index >= 15 is 0 Å². The maximum atomic E-state index is 12.3. The van der Waals surface area contributed by atoms with Gasteiger partial charge in [0.2, 0.25) is 10.0 Å². The van der Waals surface area contributed by atoms with Crippen LogP contribution < -0.4 is 4.72 Å². The van der Waals surface area contributed by atoms with Crippen molar-refractivity contribution in [3.63, 3.8) is 0 Å². The average molecular weight is 362 g/mol. The van der Waals surface area contributed by atoms with E-state index in [0.29, 0.717) is 17.3 Å². The first-order valence-corrected chi connectivity index (χ1v) is 9.34. The van der Waals surface area contributed by atoms with Crippen LogP contribution in [-0.4, -0.2) is 18.2 Å². The smallest absolute Gasteiger partial charge is 0.236 e. The molecular formula is C17H16ClN3O2S. The summed E-state index contributed by atoms with van der Waals surface area (Å²) in [7, 11) is -3.47. The van der Waals surface area contributed by atoms with E-state index in [1.165, 1.54) is 0 Å².